The van der Waals surface area contributed by atoms with Gasteiger partial charge in [0.05, 0.1) is 5.02 Å². The molecule has 0 saturated heterocycles. The molecule has 19 heavy (non-hydrogen) atoms. The number of hydrogen-bond donors (Lipinski definition) is 1. The molecular weight excluding hydrogens is 321 g/mol. The number of anilines is 1. The average Bonchev–Trinajstić information content (AvgIpc) is 2.85. The van der Waals surface area contributed by atoms with Gasteiger partial charge in [-0.05, 0) is 24.6 Å². The maximum Gasteiger partial charge on any atom is 0.134 e. The quantitative estimate of drug-likeness (QED) is 0.758. The standard InChI is InChI=1S/C12H13Cl2N3S2/c1-2-5-15-12-10(16-17-19-12)7-18-11-6-8(13)3-4-9(11)14/h3-4,6,15H,2,5,7H2,1H3. The molecule has 0 saturated carbocycles. The lowest BCUT2D eigenvalue weighted by Gasteiger charge is -2.05. The molecule has 0 unspecified atom stereocenters. The molecule has 0 bridgehead atoms. The first-order valence-corrected chi connectivity index (χ1v) is 8.35. The highest BCUT2D eigenvalue weighted by Crippen LogP contribution is 2.33. The van der Waals surface area contributed by atoms with E-state index in [1.165, 1.54) is 11.5 Å². The fourth-order valence-electron chi connectivity index (χ4n) is 1.41. The molecule has 0 atom stereocenters. The van der Waals surface area contributed by atoms with E-state index in [2.05, 4.69) is 21.8 Å². The molecule has 1 aromatic carbocycles. The van der Waals surface area contributed by atoms with E-state index in [4.69, 9.17) is 23.2 Å². The number of rotatable bonds is 6. The van der Waals surface area contributed by atoms with Crippen molar-refractivity contribution in [3.05, 3.63) is 33.9 Å². The Balaban J connectivity index is 2.02. The summed E-state index contributed by atoms with van der Waals surface area (Å²) < 4.78 is 3.98. The molecule has 0 aliphatic rings. The summed E-state index contributed by atoms with van der Waals surface area (Å²) in [7, 11) is 0. The minimum atomic E-state index is 0.688. The smallest absolute Gasteiger partial charge is 0.134 e. The van der Waals surface area contributed by atoms with Gasteiger partial charge in [0.25, 0.3) is 0 Å². The molecule has 0 fully saturated rings. The number of nitrogens with zero attached hydrogens (tertiary/aromatic N) is 2. The highest BCUT2D eigenvalue weighted by atomic mass is 35.5. The van der Waals surface area contributed by atoms with Crippen LogP contribution in [0.1, 0.15) is 19.0 Å². The van der Waals surface area contributed by atoms with Crippen molar-refractivity contribution in [1.29, 1.82) is 0 Å². The maximum absolute atomic E-state index is 6.13. The largest absolute Gasteiger partial charge is 0.374 e. The first-order valence-electron chi connectivity index (χ1n) is 5.83. The second-order valence-electron chi connectivity index (χ2n) is 3.84. The van der Waals surface area contributed by atoms with Crippen LogP contribution in [0.4, 0.5) is 5.00 Å². The Hall–Kier alpha value is -0.490. The third-order valence-corrected chi connectivity index (χ3v) is 4.82. The Labute approximate surface area is 130 Å². The van der Waals surface area contributed by atoms with Crippen molar-refractivity contribution in [1.82, 2.24) is 9.59 Å². The molecule has 0 radical (unpaired) electrons. The minimum Gasteiger partial charge on any atom is -0.374 e. The molecule has 1 aromatic heterocycles. The van der Waals surface area contributed by atoms with Crippen LogP contribution in [-0.2, 0) is 5.75 Å². The normalized spacial score (nSPS) is 10.7. The lowest BCUT2D eigenvalue weighted by molar-refractivity contribution is 0.976. The van der Waals surface area contributed by atoms with E-state index < -0.39 is 0 Å². The number of aromatic nitrogens is 2. The number of thioether (sulfide) groups is 1. The van der Waals surface area contributed by atoms with Gasteiger partial charge in [-0.25, -0.2) is 0 Å². The highest BCUT2D eigenvalue weighted by molar-refractivity contribution is 7.98. The van der Waals surface area contributed by atoms with Crippen molar-refractivity contribution < 1.29 is 0 Å². The topological polar surface area (TPSA) is 37.8 Å². The van der Waals surface area contributed by atoms with Crippen molar-refractivity contribution in [2.45, 2.75) is 24.0 Å². The average molecular weight is 334 g/mol. The second kappa shape index (κ2) is 7.33. The number of nitrogens with one attached hydrogen (secondary N) is 1. The van der Waals surface area contributed by atoms with Crippen molar-refractivity contribution >= 4 is 51.5 Å². The molecular formula is C12H13Cl2N3S2. The molecule has 0 aliphatic heterocycles. The van der Waals surface area contributed by atoms with Gasteiger partial charge in [-0.3, -0.25) is 0 Å². The summed E-state index contributed by atoms with van der Waals surface area (Å²) in [5.74, 6) is 0.725. The maximum atomic E-state index is 6.13. The van der Waals surface area contributed by atoms with Crippen molar-refractivity contribution in [2.24, 2.45) is 0 Å². The zero-order chi connectivity index (χ0) is 13.7. The third-order valence-electron chi connectivity index (χ3n) is 2.35. The second-order valence-corrected chi connectivity index (χ2v) is 6.45. The van der Waals surface area contributed by atoms with Crippen LogP contribution in [0.25, 0.3) is 0 Å². The van der Waals surface area contributed by atoms with Gasteiger partial charge in [-0.1, -0.05) is 34.6 Å². The Morgan fingerprint density at radius 2 is 2.21 bits per heavy atom. The van der Waals surface area contributed by atoms with Gasteiger partial charge in [0.2, 0.25) is 0 Å². The summed E-state index contributed by atoms with van der Waals surface area (Å²) in [6.45, 7) is 3.06. The lowest BCUT2D eigenvalue weighted by atomic mass is 10.4. The molecule has 3 nitrogen and oxygen atoms in total. The van der Waals surface area contributed by atoms with Crippen LogP contribution in [0.2, 0.25) is 10.0 Å². The Morgan fingerprint density at radius 3 is 3.00 bits per heavy atom. The molecule has 2 rings (SSSR count). The third kappa shape index (κ3) is 4.24. The van der Waals surface area contributed by atoms with Crippen molar-refractivity contribution in [2.75, 3.05) is 11.9 Å². The fraction of sp³-hybridized carbons (Fsp3) is 0.333. The first kappa shape index (κ1) is 14.9. The summed E-state index contributed by atoms with van der Waals surface area (Å²) in [5.41, 5.74) is 0.958. The van der Waals surface area contributed by atoms with Gasteiger partial charge in [0, 0.05) is 33.7 Å². The van der Waals surface area contributed by atoms with Gasteiger partial charge < -0.3 is 5.32 Å². The van der Waals surface area contributed by atoms with E-state index >= 15 is 0 Å². The minimum absolute atomic E-state index is 0.688. The van der Waals surface area contributed by atoms with Gasteiger partial charge >= 0.3 is 0 Å². The zero-order valence-corrected chi connectivity index (χ0v) is 13.5. The molecule has 102 valence electrons. The van der Waals surface area contributed by atoms with Crippen LogP contribution in [0, 0.1) is 0 Å². The van der Waals surface area contributed by atoms with E-state index in [1.54, 1.807) is 17.8 Å². The van der Waals surface area contributed by atoms with E-state index in [1.807, 2.05) is 12.1 Å². The molecule has 2 aromatic rings. The Kier molecular flexibility index (Phi) is 5.76. The summed E-state index contributed by atoms with van der Waals surface area (Å²) in [6.07, 6.45) is 1.07. The van der Waals surface area contributed by atoms with Crippen molar-refractivity contribution in [3.63, 3.8) is 0 Å². The predicted molar refractivity (Wildman–Crippen MR) is 84.7 cm³/mol. The first-order chi connectivity index (χ1) is 9.20. The van der Waals surface area contributed by atoms with Crippen LogP contribution in [0.3, 0.4) is 0 Å². The predicted octanol–water partition coefficient (Wildman–Crippen LogP) is 4.96. The van der Waals surface area contributed by atoms with Crippen LogP contribution in [-0.4, -0.2) is 16.1 Å². The van der Waals surface area contributed by atoms with Gasteiger partial charge in [0.15, 0.2) is 0 Å². The van der Waals surface area contributed by atoms with E-state index in [0.717, 1.165) is 34.3 Å². The summed E-state index contributed by atoms with van der Waals surface area (Å²) in [4.78, 5) is 0.962. The molecule has 1 N–H and O–H groups in total. The summed E-state index contributed by atoms with van der Waals surface area (Å²) in [6, 6.07) is 5.46. The Morgan fingerprint density at radius 1 is 1.37 bits per heavy atom. The van der Waals surface area contributed by atoms with Gasteiger partial charge in [-0.15, -0.1) is 16.9 Å². The lowest BCUT2D eigenvalue weighted by Crippen LogP contribution is -2.00. The van der Waals surface area contributed by atoms with E-state index in [0.29, 0.717) is 10.0 Å². The molecule has 1 heterocycles. The molecule has 0 spiro atoms. The fourth-order valence-corrected chi connectivity index (χ4v) is 3.54. The van der Waals surface area contributed by atoms with Crippen LogP contribution >= 0.6 is 46.5 Å². The molecule has 0 amide bonds. The van der Waals surface area contributed by atoms with Gasteiger partial charge in [0.1, 0.15) is 10.7 Å². The zero-order valence-electron chi connectivity index (χ0n) is 10.3. The van der Waals surface area contributed by atoms with Crippen LogP contribution < -0.4 is 5.32 Å². The molecule has 7 heteroatoms. The van der Waals surface area contributed by atoms with E-state index in [-0.39, 0.29) is 0 Å². The monoisotopic (exact) mass is 333 g/mol. The van der Waals surface area contributed by atoms with Crippen LogP contribution in [0.15, 0.2) is 23.1 Å². The number of benzene rings is 1. The SMILES string of the molecule is CCCNc1snnc1CSc1cc(Cl)ccc1Cl. The van der Waals surface area contributed by atoms with Gasteiger partial charge in [-0.2, -0.15) is 0 Å². The van der Waals surface area contributed by atoms with E-state index in [9.17, 15) is 0 Å². The molecule has 0 aliphatic carbocycles. The van der Waals surface area contributed by atoms with Crippen LogP contribution in [0.5, 0.6) is 0 Å². The van der Waals surface area contributed by atoms with Crippen molar-refractivity contribution in [3.8, 4) is 0 Å². The number of hydrogen-bond acceptors (Lipinski definition) is 5. The highest BCUT2D eigenvalue weighted by Gasteiger charge is 2.09. The summed E-state index contributed by atoms with van der Waals surface area (Å²) in [5, 5.41) is 9.90. The Bertz CT molecular complexity index is 546. The summed E-state index contributed by atoms with van der Waals surface area (Å²) >= 11 is 15.1. The number of halogens is 2.